The second-order valence-corrected chi connectivity index (χ2v) is 8.66. The van der Waals surface area contributed by atoms with E-state index in [1.165, 1.54) is 0 Å². The standard InChI is InChI=1S/C21H25N3O3S/c1-6-16-8-9-17(20-11-15(3)22-27-20)12-21(16)28(25,26)23-18-10-7-14(2)19(13-18)24(4)5/h7-13,23H,6H2,1-5H3. The second kappa shape index (κ2) is 7.67. The van der Waals surface area contributed by atoms with Crippen LogP contribution in [0.25, 0.3) is 11.3 Å². The molecular formula is C21H25N3O3S. The number of hydrogen-bond donors (Lipinski definition) is 1. The van der Waals surface area contributed by atoms with Gasteiger partial charge < -0.3 is 9.42 Å². The van der Waals surface area contributed by atoms with Gasteiger partial charge in [0.25, 0.3) is 10.0 Å². The first-order valence-corrected chi connectivity index (χ1v) is 10.6. The van der Waals surface area contributed by atoms with E-state index in [1.807, 2.05) is 64.0 Å². The second-order valence-electron chi connectivity index (χ2n) is 7.01. The molecule has 0 amide bonds. The lowest BCUT2D eigenvalue weighted by atomic mass is 10.1. The summed E-state index contributed by atoms with van der Waals surface area (Å²) in [5, 5.41) is 3.88. The maximum absolute atomic E-state index is 13.2. The van der Waals surface area contributed by atoms with Crippen LogP contribution in [0.3, 0.4) is 0 Å². The Kier molecular flexibility index (Phi) is 5.47. The van der Waals surface area contributed by atoms with Crippen molar-refractivity contribution in [2.75, 3.05) is 23.7 Å². The number of sulfonamides is 1. The highest BCUT2D eigenvalue weighted by atomic mass is 32.2. The molecule has 0 radical (unpaired) electrons. The van der Waals surface area contributed by atoms with E-state index in [0.717, 1.165) is 22.5 Å². The van der Waals surface area contributed by atoms with E-state index >= 15 is 0 Å². The summed E-state index contributed by atoms with van der Waals surface area (Å²) in [6.07, 6.45) is 0.600. The number of aryl methyl sites for hydroxylation is 3. The molecule has 0 saturated carbocycles. The lowest BCUT2D eigenvalue weighted by Gasteiger charge is -2.18. The van der Waals surface area contributed by atoms with Crippen molar-refractivity contribution in [2.45, 2.75) is 32.1 Å². The summed E-state index contributed by atoms with van der Waals surface area (Å²) >= 11 is 0. The quantitative estimate of drug-likeness (QED) is 0.665. The van der Waals surface area contributed by atoms with Crippen LogP contribution >= 0.6 is 0 Å². The van der Waals surface area contributed by atoms with Crippen LogP contribution in [0.4, 0.5) is 11.4 Å². The van der Waals surface area contributed by atoms with Gasteiger partial charge in [0.2, 0.25) is 0 Å². The van der Waals surface area contributed by atoms with Gasteiger partial charge in [-0.05, 0) is 49.6 Å². The lowest BCUT2D eigenvalue weighted by Crippen LogP contribution is -2.16. The van der Waals surface area contributed by atoms with E-state index in [-0.39, 0.29) is 4.90 Å². The van der Waals surface area contributed by atoms with Crippen LogP contribution in [0.5, 0.6) is 0 Å². The minimum atomic E-state index is -3.77. The molecule has 148 valence electrons. The summed E-state index contributed by atoms with van der Waals surface area (Å²) < 4.78 is 34.3. The van der Waals surface area contributed by atoms with Gasteiger partial charge in [0.05, 0.1) is 16.3 Å². The SMILES string of the molecule is CCc1ccc(-c2cc(C)no2)cc1S(=O)(=O)Nc1ccc(C)c(N(C)C)c1. The van der Waals surface area contributed by atoms with E-state index < -0.39 is 10.0 Å². The molecule has 0 fully saturated rings. The Hall–Kier alpha value is -2.80. The molecule has 0 unspecified atom stereocenters. The Morgan fingerprint density at radius 1 is 1.07 bits per heavy atom. The zero-order valence-electron chi connectivity index (χ0n) is 16.8. The van der Waals surface area contributed by atoms with Gasteiger partial charge in [0, 0.05) is 31.4 Å². The monoisotopic (exact) mass is 399 g/mol. The van der Waals surface area contributed by atoms with Crippen LogP contribution in [-0.2, 0) is 16.4 Å². The summed E-state index contributed by atoms with van der Waals surface area (Å²) in [4.78, 5) is 2.20. The summed E-state index contributed by atoms with van der Waals surface area (Å²) in [5.41, 5.74) is 4.72. The van der Waals surface area contributed by atoms with Crippen molar-refractivity contribution in [3.8, 4) is 11.3 Å². The van der Waals surface area contributed by atoms with Gasteiger partial charge >= 0.3 is 0 Å². The predicted octanol–water partition coefficient (Wildman–Crippen LogP) is 4.39. The van der Waals surface area contributed by atoms with Crippen LogP contribution in [0.15, 0.2) is 51.9 Å². The molecule has 1 aromatic heterocycles. The highest BCUT2D eigenvalue weighted by molar-refractivity contribution is 7.92. The molecule has 1 heterocycles. The number of nitrogens with one attached hydrogen (secondary N) is 1. The number of anilines is 2. The van der Waals surface area contributed by atoms with Crippen molar-refractivity contribution in [3.05, 3.63) is 59.3 Å². The van der Waals surface area contributed by atoms with Crippen LogP contribution in [0.1, 0.15) is 23.7 Å². The summed E-state index contributed by atoms with van der Waals surface area (Å²) in [6.45, 7) is 5.75. The smallest absolute Gasteiger partial charge is 0.262 e. The minimum Gasteiger partial charge on any atom is -0.377 e. The normalized spacial score (nSPS) is 11.5. The average molecular weight is 400 g/mol. The molecule has 2 aromatic carbocycles. The fourth-order valence-electron chi connectivity index (χ4n) is 3.11. The molecule has 0 aliphatic rings. The van der Waals surface area contributed by atoms with Crippen molar-refractivity contribution in [2.24, 2.45) is 0 Å². The molecule has 0 saturated heterocycles. The first-order valence-electron chi connectivity index (χ1n) is 9.08. The van der Waals surface area contributed by atoms with Gasteiger partial charge in [-0.2, -0.15) is 0 Å². The van der Waals surface area contributed by atoms with Crippen molar-refractivity contribution >= 4 is 21.4 Å². The zero-order valence-corrected chi connectivity index (χ0v) is 17.6. The Balaban J connectivity index is 2.02. The summed E-state index contributed by atoms with van der Waals surface area (Å²) in [7, 11) is 0.0928. The molecule has 28 heavy (non-hydrogen) atoms. The molecule has 0 bridgehead atoms. The molecule has 3 rings (SSSR count). The van der Waals surface area contributed by atoms with Gasteiger partial charge in [-0.1, -0.05) is 30.3 Å². The Morgan fingerprint density at radius 3 is 2.43 bits per heavy atom. The van der Waals surface area contributed by atoms with Gasteiger partial charge in [0.15, 0.2) is 5.76 Å². The van der Waals surface area contributed by atoms with Crippen LogP contribution in [-0.4, -0.2) is 27.7 Å². The fourth-order valence-corrected chi connectivity index (χ4v) is 4.50. The molecule has 0 spiro atoms. The molecular weight excluding hydrogens is 374 g/mol. The molecule has 0 atom stereocenters. The average Bonchev–Trinajstić information content (AvgIpc) is 3.08. The molecule has 3 aromatic rings. The highest BCUT2D eigenvalue weighted by Crippen LogP contribution is 2.29. The third kappa shape index (κ3) is 4.04. The highest BCUT2D eigenvalue weighted by Gasteiger charge is 2.20. The van der Waals surface area contributed by atoms with Gasteiger partial charge in [-0.3, -0.25) is 4.72 Å². The Bertz CT molecular complexity index is 1100. The topological polar surface area (TPSA) is 75.4 Å². The third-order valence-electron chi connectivity index (χ3n) is 4.59. The first kappa shape index (κ1) is 19.9. The maximum atomic E-state index is 13.2. The molecule has 1 N–H and O–H groups in total. The number of hydrogen-bond acceptors (Lipinski definition) is 5. The van der Waals surface area contributed by atoms with Gasteiger partial charge in [0.1, 0.15) is 0 Å². The Labute approximate surface area is 166 Å². The largest absolute Gasteiger partial charge is 0.377 e. The van der Waals surface area contributed by atoms with Crippen molar-refractivity contribution in [1.29, 1.82) is 0 Å². The number of aromatic nitrogens is 1. The minimum absolute atomic E-state index is 0.244. The van der Waals surface area contributed by atoms with E-state index in [0.29, 0.717) is 23.4 Å². The summed E-state index contributed by atoms with van der Waals surface area (Å²) in [6, 6.07) is 12.6. The van der Waals surface area contributed by atoms with Crippen molar-refractivity contribution < 1.29 is 12.9 Å². The number of rotatable bonds is 6. The van der Waals surface area contributed by atoms with Gasteiger partial charge in [-0.25, -0.2) is 8.42 Å². The fraction of sp³-hybridized carbons (Fsp3) is 0.286. The van der Waals surface area contributed by atoms with E-state index in [4.69, 9.17) is 4.52 Å². The van der Waals surface area contributed by atoms with Gasteiger partial charge in [-0.15, -0.1) is 0 Å². The van der Waals surface area contributed by atoms with E-state index in [2.05, 4.69) is 9.88 Å². The molecule has 0 aliphatic heterocycles. The van der Waals surface area contributed by atoms with E-state index in [1.54, 1.807) is 18.2 Å². The summed E-state index contributed by atoms with van der Waals surface area (Å²) in [5.74, 6) is 0.543. The predicted molar refractivity (Wildman–Crippen MR) is 112 cm³/mol. The Morgan fingerprint density at radius 2 is 1.82 bits per heavy atom. The molecule has 7 heteroatoms. The van der Waals surface area contributed by atoms with Crippen LogP contribution < -0.4 is 9.62 Å². The van der Waals surface area contributed by atoms with Crippen molar-refractivity contribution in [1.82, 2.24) is 5.16 Å². The van der Waals surface area contributed by atoms with Crippen LogP contribution in [0, 0.1) is 13.8 Å². The van der Waals surface area contributed by atoms with Crippen molar-refractivity contribution in [3.63, 3.8) is 0 Å². The molecule has 0 aliphatic carbocycles. The van der Waals surface area contributed by atoms with E-state index in [9.17, 15) is 8.42 Å². The zero-order chi connectivity index (χ0) is 20.5. The number of benzene rings is 2. The first-order chi connectivity index (χ1) is 13.2. The lowest BCUT2D eigenvalue weighted by molar-refractivity contribution is 0.427. The molecule has 6 nitrogen and oxygen atoms in total. The van der Waals surface area contributed by atoms with Crippen LogP contribution in [0.2, 0.25) is 0 Å². The maximum Gasteiger partial charge on any atom is 0.262 e. The number of nitrogens with zero attached hydrogens (tertiary/aromatic N) is 2. The third-order valence-corrected chi connectivity index (χ3v) is 6.06.